The van der Waals surface area contributed by atoms with Crippen LogP contribution in [0.5, 0.6) is 0 Å². The minimum atomic E-state index is -3.82. The Balaban J connectivity index is 1.82. The molecule has 1 aliphatic heterocycles. The van der Waals surface area contributed by atoms with Crippen LogP contribution in [-0.4, -0.2) is 60.4 Å². The van der Waals surface area contributed by atoms with Crippen LogP contribution in [0, 0.1) is 5.82 Å². The third kappa shape index (κ3) is 3.90. The zero-order valence-electron chi connectivity index (χ0n) is 14.2. The van der Waals surface area contributed by atoms with Gasteiger partial charge in [0.1, 0.15) is 5.82 Å². The number of likely N-dealkylation sites (N-methyl/N-ethyl adjacent to an activating group) is 1. The average Bonchev–Trinajstić information content (AvgIpc) is 3.04. The lowest BCUT2D eigenvalue weighted by molar-refractivity contribution is -0.114. The highest BCUT2D eigenvalue weighted by atomic mass is 32.2. The molecule has 1 fully saturated rings. The van der Waals surface area contributed by atoms with E-state index in [-0.39, 0.29) is 33.8 Å². The van der Waals surface area contributed by atoms with Gasteiger partial charge in [-0.2, -0.15) is 4.31 Å². The third-order valence-corrected chi connectivity index (χ3v) is 7.17. The van der Waals surface area contributed by atoms with Gasteiger partial charge in [-0.15, -0.1) is 10.2 Å². The van der Waals surface area contributed by atoms with Crippen molar-refractivity contribution in [1.82, 2.24) is 19.4 Å². The van der Waals surface area contributed by atoms with E-state index in [1.807, 2.05) is 11.9 Å². The van der Waals surface area contributed by atoms with Gasteiger partial charge >= 0.3 is 0 Å². The maximum Gasteiger partial charge on any atom is 0.272 e. The van der Waals surface area contributed by atoms with Crippen molar-refractivity contribution in [2.24, 2.45) is 0 Å². The van der Waals surface area contributed by atoms with E-state index in [9.17, 15) is 17.6 Å². The molecule has 1 N–H and O–H groups in total. The second-order valence-corrected chi connectivity index (χ2v) is 9.05. The fraction of sp³-hybridized carbons (Fsp3) is 0.400. The summed E-state index contributed by atoms with van der Waals surface area (Å²) in [6, 6.07) is 5.85. The summed E-state index contributed by atoms with van der Waals surface area (Å²) in [4.78, 5) is 13.1. The number of anilines is 1. The molecule has 0 radical (unpaired) electrons. The smallest absolute Gasteiger partial charge is 0.272 e. The Morgan fingerprint density at radius 3 is 2.62 bits per heavy atom. The van der Waals surface area contributed by atoms with Gasteiger partial charge in [0.05, 0.1) is 0 Å². The van der Waals surface area contributed by atoms with Gasteiger partial charge in [0.2, 0.25) is 15.4 Å². The predicted octanol–water partition coefficient (Wildman–Crippen LogP) is 1.31. The maximum absolute atomic E-state index is 13.2. The van der Waals surface area contributed by atoms with Gasteiger partial charge in [-0.05, 0) is 24.7 Å². The van der Waals surface area contributed by atoms with Crippen molar-refractivity contribution < 1.29 is 17.6 Å². The van der Waals surface area contributed by atoms with E-state index >= 15 is 0 Å². The van der Waals surface area contributed by atoms with Crippen molar-refractivity contribution in [1.29, 1.82) is 0 Å². The van der Waals surface area contributed by atoms with Crippen molar-refractivity contribution in [2.75, 3.05) is 32.0 Å². The number of nitrogens with one attached hydrogen (secondary N) is 1. The second kappa shape index (κ2) is 7.35. The second-order valence-electron chi connectivity index (χ2n) is 5.97. The molecule has 0 spiro atoms. The van der Waals surface area contributed by atoms with E-state index in [0.29, 0.717) is 13.1 Å². The summed E-state index contributed by atoms with van der Waals surface area (Å²) in [6.07, 6.45) is 0. The summed E-state index contributed by atoms with van der Waals surface area (Å²) < 4.78 is 40.1. The predicted molar refractivity (Wildman–Crippen MR) is 94.7 cm³/mol. The minimum absolute atomic E-state index is 0.139. The molecule has 1 unspecified atom stereocenters. The summed E-state index contributed by atoms with van der Waals surface area (Å²) in [5.41, 5.74) is 0.838. The van der Waals surface area contributed by atoms with E-state index in [2.05, 4.69) is 15.5 Å². The molecule has 2 aromatic rings. The highest BCUT2D eigenvalue weighted by Gasteiger charge is 2.35. The molecule has 0 aliphatic carbocycles. The molecule has 0 bridgehead atoms. The highest BCUT2D eigenvalue weighted by molar-refractivity contribution is 7.91. The summed E-state index contributed by atoms with van der Waals surface area (Å²) in [5, 5.41) is 9.97. The van der Waals surface area contributed by atoms with Crippen molar-refractivity contribution in [3.05, 3.63) is 35.6 Å². The largest absolute Gasteiger partial charge is 0.301 e. The molecule has 1 saturated heterocycles. The number of piperazine rings is 1. The van der Waals surface area contributed by atoms with E-state index in [1.54, 1.807) is 12.1 Å². The van der Waals surface area contributed by atoms with Crippen molar-refractivity contribution in [2.45, 2.75) is 17.3 Å². The molecular formula is C15H18FN5O3S2. The first-order chi connectivity index (χ1) is 12.3. The van der Waals surface area contributed by atoms with Crippen LogP contribution in [0.1, 0.15) is 18.5 Å². The number of carbonyl (C=O) groups excluding carboxylic acids is 1. The van der Waals surface area contributed by atoms with Crippen LogP contribution >= 0.6 is 11.3 Å². The van der Waals surface area contributed by atoms with Crippen molar-refractivity contribution in [3.63, 3.8) is 0 Å². The first-order valence-electron chi connectivity index (χ1n) is 7.84. The van der Waals surface area contributed by atoms with Gasteiger partial charge in [-0.25, -0.2) is 12.8 Å². The molecule has 140 valence electrons. The lowest BCUT2D eigenvalue weighted by Gasteiger charge is -2.38. The quantitative estimate of drug-likeness (QED) is 0.779. The molecule has 8 nitrogen and oxygen atoms in total. The molecule has 1 aromatic heterocycles. The summed E-state index contributed by atoms with van der Waals surface area (Å²) in [6.45, 7) is 2.37. The first kappa shape index (κ1) is 18.8. The fourth-order valence-electron chi connectivity index (χ4n) is 2.74. The standard InChI is InChI=1S/C15H18FN5O3S2/c1-10(22)17-14-18-19-15(25-14)26(23,24)21-8-7-20(2)13(9-21)11-3-5-12(16)6-4-11/h3-6,13H,7-9H2,1-2H3,(H,17,18,22). The van der Waals surface area contributed by atoms with Crippen LogP contribution in [-0.2, 0) is 14.8 Å². The third-order valence-electron chi connectivity index (χ3n) is 4.12. The summed E-state index contributed by atoms with van der Waals surface area (Å²) in [7, 11) is -1.92. The summed E-state index contributed by atoms with van der Waals surface area (Å²) in [5.74, 6) is -0.683. The number of sulfonamides is 1. The SMILES string of the molecule is CC(=O)Nc1nnc(S(=O)(=O)N2CCN(C)C(c3ccc(F)cc3)C2)s1. The number of hydrogen-bond acceptors (Lipinski definition) is 7. The minimum Gasteiger partial charge on any atom is -0.301 e. The molecule has 3 rings (SSSR count). The van der Waals surface area contributed by atoms with Crippen LogP contribution in [0.15, 0.2) is 28.6 Å². The highest BCUT2D eigenvalue weighted by Crippen LogP contribution is 2.29. The molecule has 1 aromatic carbocycles. The lowest BCUT2D eigenvalue weighted by Crippen LogP contribution is -2.48. The number of aromatic nitrogens is 2. The van der Waals surface area contributed by atoms with Crippen molar-refractivity contribution >= 4 is 32.4 Å². The number of carbonyl (C=O) groups is 1. The monoisotopic (exact) mass is 399 g/mol. The molecule has 0 saturated carbocycles. The lowest BCUT2D eigenvalue weighted by atomic mass is 10.0. The number of benzene rings is 1. The Bertz CT molecular complexity index is 900. The number of nitrogens with zero attached hydrogens (tertiary/aromatic N) is 4. The number of hydrogen-bond donors (Lipinski definition) is 1. The van der Waals surface area contributed by atoms with Gasteiger partial charge in [0, 0.05) is 32.6 Å². The van der Waals surface area contributed by atoms with Crippen LogP contribution in [0.2, 0.25) is 0 Å². The van der Waals surface area contributed by atoms with Crippen LogP contribution in [0.3, 0.4) is 0 Å². The molecule has 1 amide bonds. The number of amides is 1. The number of rotatable bonds is 4. The summed E-state index contributed by atoms with van der Waals surface area (Å²) >= 11 is 0.815. The Kier molecular flexibility index (Phi) is 5.32. The van der Waals surface area contributed by atoms with E-state index < -0.39 is 10.0 Å². The zero-order valence-corrected chi connectivity index (χ0v) is 15.8. The fourth-order valence-corrected chi connectivity index (χ4v) is 5.26. The van der Waals surface area contributed by atoms with Crippen molar-refractivity contribution in [3.8, 4) is 0 Å². The Hall–Kier alpha value is -1.95. The first-order valence-corrected chi connectivity index (χ1v) is 10.1. The van der Waals surface area contributed by atoms with E-state index in [0.717, 1.165) is 16.9 Å². The van der Waals surface area contributed by atoms with Gasteiger partial charge in [0.15, 0.2) is 0 Å². The molecule has 11 heteroatoms. The van der Waals surface area contributed by atoms with E-state index in [4.69, 9.17) is 0 Å². The van der Waals surface area contributed by atoms with Gasteiger partial charge in [0.25, 0.3) is 10.0 Å². The van der Waals surface area contributed by atoms with Crippen LogP contribution in [0.25, 0.3) is 0 Å². The Morgan fingerprint density at radius 1 is 1.27 bits per heavy atom. The van der Waals surface area contributed by atoms with Gasteiger partial charge in [-0.3, -0.25) is 9.69 Å². The molecule has 1 atom stereocenters. The van der Waals surface area contributed by atoms with Gasteiger partial charge < -0.3 is 5.32 Å². The van der Waals surface area contributed by atoms with Crippen LogP contribution in [0.4, 0.5) is 9.52 Å². The number of halogens is 1. The molecule has 2 heterocycles. The Labute approximate surface area is 154 Å². The Morgan fingerprint density at radius 2 is 1.96 bits per heavy atom. The average molecular weight is 399 g/mol. The topological polar surface area (TPSA) is 95.5 Å². The van der Waals surface area contributed by atoms with Crippen LogP contribution < -0.4 is 5.32 Å². The zero-order chi connectivity index (χ0) is 18.9. The molecule has 1 aliphatic rings. The van der Waals surface area contributed by atoms with E-state index in [1.165, 1.54) is 23.4 Å². The molecule has 26 heavy (non-hydrogen) atoms. The van der Waals surface area contributed by atoms with Gasteiger partial charge in [-0.1, -0.05) is 23.5 Å². The maximum atomic E-state index is 13.2. The molecular weight excluding hydrogens is 381 g/mol. The normalized spacial score (nSPS) is 19.4.